The Bertz CT molecular complexity index is 944. The van der Waals surface area contributed by atoms with Gasteiger partial charge in [0.2, 0.25) is 5.82 Å². The van der Waals surface area contributed by atoms with Gasteiger partial charge in [-0.05, 0) is 44.8 Å². The van der Waals surface area contributed by atoms with Gasteiger partial charge in [-0.3, -0.25) is 4.79 Å². The van der Waals surface area contributed by atoms with Crippen molar-refractivity contribution >= 4 is 33.1 Å². The van der Waals surface area contributed by atoms with E-state index in [1.54, 1.807) is 22.2 Å². The summed E-state index contributed by atoms with van der Waals surface area (Å²) in [4.78, 5) is 25.9. The first-order valence-corrected chi connectivity index (χ1v) is 9.46. The van der Waals surface area contributed by atoms with E-state index in [0.717, 1.165) is 28.8 Å². The fourth-order valence-electron chi connectivity index (χ4n) is 3.45. The van der Waals surface area contributed by atoms with Gasteiger partial charge in [0, 0.05) is 18.0 Å². The Hall–Kier alpha value is -2.06. The molecule has 0 saturated heterocycles. The predicted molar refractivity (Wildman–Crippen MR) is 98.4 cm³/mol. The summed E-state index contributed by atoms with van der Waals surface area (Å²) in [5.74, 6) is 0.465. The van der Waals surface area contributed by atoms with Crippen LogP contribution in [-0.4, -0.2) is 57.6 Å². The zero-order valence-corrected chi connectivity index (χ0v) is 15.6. The number of aryl methyl sites for hydroxylation is 1. The Labute approximate surface area is 150 Å². The smallest absolute Gasteiger partial charge is 0.291 e. The van der Waals surface area contributed by atoms with Crippen molar-refractivity contribution in [3.05, 3.63) is 22.6 Å². The summed E-state index contributed by atoms with van der Waals surface area (Å²) in [7, 11) is 3.94. The first kappa shape index (κ1) is 16.4. The van der Waals surface area contributed by atoms with E-state index in [0.29, 0.717) is 12.5 Å². The minimum atomic E-state index is -0.240. The molecule has 1 atom stereocenters. The van der Waals surface area contributed by atoms with E-state index in [4.69, 9.17) is 0 Å². The van der Waals surface area contributed by atoms with E-state index >= 15 is 0 Å². The number of hydrogen-bond acceptors (Lipinski definition) is 6. The third-order valence-corrected chi connectivity index (χ3v) is 5.90. The highest BCUT2D eigenvalue weighted by Crippen LogP contribution is 2.42. The molecule has 1 N–H and O–H groups in total. The Morgan fingerprint density at radius 2 is 2.32 bits per heavy atom. The lowest BCUT2D eigenvalue weighted by molar-refractivity contribution is 0.0941. The van der Waals surface area contributed by atoms with Crippen molar-refractivity contribution in [2.24, 2.45) is 0 Å². The lowest BCUT2D eigenvalue weighted by Crippen LogP contribution is -2.31. The largest absolute Gasteiger partial charge is 0.348 e. The Balaban J connectivity index is 1.74. The van der Waals surface area contributed by atoms with Gasteiger partial charge < -0.3 is 10.2 Å². The van der Waals surface area contributed by atoms with Gasteiger partial charge in [0.25, 0.3) is 5.91 Å². The second-order valence-electron chi connectivity index (χ2n) is 6.92. The van der Waals surface area contributed by atoms with Crippen molar-refractivity contribution in [3.63, 3.8) is 0 Å². The average molecular weight is 358 g/mol. The molecule has 4 rings (SSSR count). The lowest BCUT2D eigenvalue weighted by Gasteiger charge is -2.18. The Morgan fingerprint density at radius 1 is 1.48 bits per heavy atom. The highest BCUT2D eigenvalue weighted by Gasteiger charge is 2.25. The van der Waals surface area contributed by atoms with E-state index in [2.05, 4.69) is 27.3 Å². The molecule has 0 radical (unpaired) electrons. The number of hydrogen-bond donors (Lipinski definition) is 1. The number of carbonyl (C=O) groups is 1. The third-order valence-electron chi connectivity index (χ3n) is 4.72. The summed E-state index contributed by atoms with van der Waals surface area (Å²) >= 11 is 1.75. The van der Waals surface area contributed by atoms with Crippen LogP contribution in [0.3, 0.4) is 0 Å². The fourth-order valence-corrected chi connectivity index (χ4v) is 4.75. The van der Waals surface area contributed by atoms with Gasteiger partial charge >= 0.3 is 0 Å². The highest BCUT2D eigenvalue weighted by atomic mass is 32.1. The Morgan fingerprint density at radius 3 is 3.12 bits per heavy atom. The van der Waals surface area contributed by atoms with Crippen LogP contribution in [0.4, 0.5) is 0 Å². The highest BCUT2D eigenvalue weighted by molar-refractivity contribution is 7.19. The number of amides is 1. The number of fused-ring (bicyclic) bond motifs is 5. The van der Waals surface area contributed by atoms with Crippen molar-refractivity contribution in [2.75, 3.05) is 27.2 Å². The standard InChI is InChI=1S/C17H22N6OS/c1-10-5-4-6-11-12(10)13-15-20-14(16(24)18-7-8-22(2)3)21-23(15)9-19-17(13)25-11/h9-10H,4-8H2,1-3H3,(H,18,24)/t10-/m0/s1. The van der Waals surface area contributed by atoms with E-state index in [1.807, 2.05) is 19.0 Å². The number of nitrogens with zero attached hydrogens (tertiary/aromatic N) is 5. The zero-order valence-electron chi connectivity index (χ0n) is 14.7. The van der Waals surface area contributed by atoms with Crippen molar-refractivity contribution in [3.8, 4) is 0 Å². The normalized spacial score (nSPS) is 17.4. The van der Waals surface area contributed by atoms with Gasteiger partial charge in [-0.15, -0.1) is 16.4 Å². The van der Waals surface area contributed by atoms with E-state index in [1.165, 1.54) is 23.3 Å². The van der Waals surface area contributed by atoms with Crippen LogP contribution in [0.1, 0.15) is 46.7 Å². The molecule has 1 aliphatic rings. The van der Waals surface area contributed by atoms with E-state index in [-0.39, 0.29) is 11.7 Å². The van der Waals surface area contributed by atoms with Gasteiger partial charge in [0.15, 0.2) is 5.65 Å². The van der Waals surface area contributed by atoms with Crippen LogP contribution in [0.15, 0.2) is 6.33 Å². The molecule has 0 unspecified atom stereocenters. The van der Waals surface area contributed by atoms with Crippen LogP contribution in [-0.2, 0) is 6.42 Å². The van der Waals surface area contributed by atoms with Crippen LogP contribution >= 0.6 is 11.3 Å². The second kappa shape index (κ2) is 6.34. The number of likely N-dealkylation sites (N-methyl/N-ethyl adjacent to an activating group) is 1. The summed E-state index contributed by atoms with van der Waals surface area (Å²) in [5.41, 5.74) is 2.10. The molecular weight excluding hydrogens is 336 g/mol. The number of aromatic nitrogens is 4. The maximum Gasteiger partial charge on any atom is 0.291 e. The molecule has 0 fully saturated rings. The molecule has 0 aliphatic heterocycles. The quantitative estimate of drug-likeness (QED) is 0.773. The number of thiophene rings is 1. The molecule has 3 aromatic heterocycles. The van der Waals surface area contributed by atoms with Crippen molar-refractivity contribution in [1.82, 2.24) is 29.8 Å². The van der Waals surface area contributed by atoms with Crippen molar-refractivity contribution in [2.45, 2.75) is 32.1 Å². The molecular formula is C17H22N6OS. The summed E-state index contributed by atoms with van der Waals surface area (Å²) in [6, 6.07) is 0. The van der Waals surface area contributed by atoms with Gasteiger partial charge in [-0.25, -0.2) is 14.5 Å². The fraction of sp³-hybridized carbons (Fsp3) is 0.529. The molecule has 7 nitrogen and oxygen atoms in total. The lowest BCUT2D eigenvalue weighted by atomic mass is 9.87. The molecule has 0 spiro atoms. The first-order valence-electron chi connectivity index (χ1n) is 8.64. The monoisotopic (exact) mass is 358 g/mol. The topological polar surface area (TPSA) is 75.4 Å². The molecule has 0 bridgehead atoms. The van der Waals surface area contributed by atoms with Gasteiger partial charge in [-0.1, -0.05) is 6.92 Å². The van der Waals surface area contributed by atoms with E-state index < -0.39 is 0 Å². The van der Waals surface area contributed by atoms with Gasteiger partial charge in [0.1, 0.15) is 11.2 Å². The minimum absolute atomic E-state index is 0.205. The van der Waals surface area contributed by atoms with E-state index in [9.17, 15) is 4.79 Å². The zero-order chi connectivity index (χ0) is 17.6. The molecule has 8 heteroatoms. The van der Waals surface area contributed by atoms with Crippen molar-refractivity contribution in [1.29, 1.82) is 0 Å². The number of carbonyl (C=O) groups excluding carboxylic acids is 1. The number of nitrogens with one attached hydrogen (secondary N) is 1. The third kappa shape index (κ3) is 2.89. The molecule has 1 amide bonds. The van der Waals surface area contributed by atoms with Gasteiger partial charge in [-0.2, -0.15) is 0 Å². The summed E-state index contributed by atoms with van der Waals surface area (Å²) in [6.45, 7) is 3.61. The molecule has 3 aromatic rings. The van der Waals surface area contributed by atoms with Crippen LogP contribution in [0.5, 0.6) is 0 Å². The minimum Gasteiger partial charge on any atom is -0.348 e. The maximum atomic E-state index is 12.3. The Kier molecular flexibility index (Phi) is 4.16. The van der Waals surface area contributed by atoms with Gasteiger partial charge in [0.05, 0.1) is 5.39 Å². The van der Waals surface area contributed by atoms with Crippen molar-refractivity contribution < 1.29 is 4.79 Å². The summed E-state index contributed by atoms with van der Waals surface area (Å²) in [6.07, 6.45) is 5.18. The van der Waals surface area contributed by atoms with Crippen LogP contribution in [0, 0.1) is 0 Å². The van der Waals surface area contributed by atoms with Crippen LogP contribution in [0.25, 0.3) is 15.9 Å². The molecule has 3 heterocycles. The summed E-state index contributed by atoms with van der Waals surface area (Å²) in [5, 5.41) is 8.28. The number of rotatable bonds is 4. The molecule has 25 heavy (non-hydrogen) atoms. The predicted octanol–water partition coefficient (Wildman–Crippen LogP) is 2.07. The molecule has 1 aliphatic carbocycles. The van der Waals surface area contributed by atoms with Crippen LogP contribution in [0.2, 0.25) is 0 Å². The second-order valence-corrected chi connectivity index (χ2v) is 8.00. The SMILES string of the molecule is C[C@H]1CCCc2sc3ncn4nc(C(=O)NCCN(C)C)nc4c3c21. The average Bonchev–Trinajstić information content (AvgIpc) is 3.15. The molecule has 0 aromatic carbocycles. The molecule has 0 saturated carbocycles. The maximum absolute atomic E-state index is 12.3. The summed E-state index contributed by atoms with van der Waals surface area (Å²) < 4.78 is 1.64. The van der Waals surface area contributed by atoms with Crippen LogP contribution < -0.4 is 5.32 Å². The first-order chi connectivity index (χ1) is 12.0. The molecule has 132 valence electrons.